The Hall–Kier alpha value is -2.81. The Balaban J connectivity index is 1.83. The van der Waals surface area contributed by atoms with Crippen LogP contribution in [0.3, 0.4) is 0 Å². The number of aromatic carboxylic acids is 1. The van der Waals surface area contributed by atoms with Gasteiger partial charge < -0.3 is 9.67 Å². The molecule has 0 saturated carbocycles. The van der Waals surface area contributed by atoms with E-state index in [2.05, 4.69) is 36.4 Å². The van der Waals surface area contributed by atoms with Gasteiger partial charge in [0, 0.05) is 11.9 Å². The fourth-order valence-electron chi connectivity index (χ4n) is 3.06. The summed E-state index contributed by atoms with van der Waals surface area (Å²) in [6.45, 7) is 0. The summed E-state index contributed by atoms with van der Waals surface area (Å²) in [5.74, 6) is -0.913. The molecule has 1 N–H and O–H groups in total. The molecule has 1 heterocycles. The second-order valence-corrected chi connectivity index (χ2v) is 5.24. The lowest BCUT2D eigenvalue weighted by molar-refractivity contribution is 0.0688. The van der Waals surface area contributed by atoms with Crippen LogP contribution in [-0.2, 0) is 6.42 Å². The van der Waals surface area contributed by atoms with Crippen molar-refractivity contribution in [2.45, 2.75) is 6.42 Å². The maximum absolute atomic E-state index is 11.2. The molecule has 0 fully saturated rings. The van der Waals surface area contributed by atoms with Crippen LogP contribution in [0, 0.1) is 0 Å². The summed E-state index contributed by atoms with van der Waals surface area (Å²) in [6, 6.07) is 17.9. The van der Waals surface area contributed by atoms with E-state index < -0.39 is 5.97 Å². The maximum Gasteiger partial charge on any atom is 0.352 e. The molecule has 0 amide bonds. The van der Waals surface area contributed by atoms with E-state index in [1.54, 1.807) is 22.9 Å². The van der Waals surface area contributed by atoms with Crippen molar-refractivity contribution in [1.82, 2.24) is 4.57 Å². The van der Waals surface area contributed by atoms with Crippen molar-refractivity contribution in [2.24, 2.45) is 0 Å². The zero-order valence-electron chi connectivity index (χ0n) is 11.3. The van der Waals surface area contributed by atoms with Gasteiger partial charge in [-0.1, -0.05) is 30.3 Å². The van der Waals surface area contributed by atoms with Crippen molar-refractivity contribution in [3.05, 3.63) is 77.6 Å². The first-order valence-corrected chi connectivity index (χ1v) is 6.86. The first kappa shape index (κ1) is 12.0. The van der Waals surface area contributed by atoms with E-state index in [0.717, 1.165) is 12.1 Å². The number of benzene rings is 2. The first-order valence-electron chi connectivity index (χ1n) is 6.86. The number of nitrogens with zero attached hydrogens (tertiary/aromatic N) is 1. The van der Waals surface area contributed by atoms with Crippen LogP contribution in [0.1, 0.15) is 21.6 Å². The lowest BCUT2D eigenvalue weighted by atomic mass is 10.1. The highest BCUT2D eigenvalue weighted by Crippen LogP contribution is 2.37. The van der Waals surface area contributed by atoms with E-state index in [1.807, 2.05) is 6.07 Å². The molecule has 0 aliphatic heterocycles. The molecule has 0 radical (unpaired) electrons. The van der Waals surface area contributed by atoms with Crippen LogP contribution >= 0.6 is 0 Å². The number of carboxylic acid groups (broad SMARTS) is 1. The largest absolute Gasteiger partial charge is 0.477 e. The summed E-state index contributed by atoms with van der Waals surface area (Å²) in [6.07, 6.45) is 2.69. The van der Waals surface area contributed by atoms with E-state index in [-0.39, 0.29) is 5.69 Å². The molecule has 1 aliphatic carbocycles. The van der Waals surface area contributed by atoms with Crippen LogP contribution in [0.5, 0.6) is 0 Å². The Bertz CT molecular complexity index is 861. The lowest BCUT2D eigenvalue weighted by Gasteiger charge is -2.09. The van der Waals surface area contributed by atoms with Gasteiger partial charge in [0.2, 0.25) is 0 Å². The molecular weight excluding hydrogens is 262 g/mol. The van der Waals surface area contributed by atoms with E-state index in [4.69, 9.17) is 0 Å². The highest BCUT2D eigenvalue weighted by Gasteiger charge is 2.19. The van der Waals surface area contributed by atoms with Crippen LogP contribution in [0.25, 0.3) is 16.8 Å². The fraction of sp³-hybridized carbons (Fsp3) is 0.0556. The highest BCUT2D eigenvalue weighted by atomic mass is 16.4. The van der Waals surface area contributed by atoms with Crippen molar-refractivity contribution in [1.29, 1.82) is 0 Å². The van der Waals surface area contributed by atoms with Crippen molar-refractivity contribution in [3.63, 3.8) is 0 Å². The Morgan fingerprint density at radius 3 is 2.62 bits per heavy atom. The Kier molecular flexibility index (Phi) is 2.48. The van der Waals surface area contributed by atoms with Crippen molar-refractivity contribution >= 4 is 5.97 Å². The zero-order valence-corrected chi connectivity index (χ0v) is 11.3. The molecule has 1 aliphatic rings. The normalized spacial score (nSPS) is 12.0. The van der Waals surface area contributed by atoms with Crippen molar-refractivity contribution in [2.75, 3.05) is 0 Å². The Morgan fingerprint density at radius 2 is 1.76 bits per heavy atom. The van der Waals surface area contributed by atoms with E-state index >= 15 is 0 Å². The van der Waals surface area contributed by atoms with E-state index in [9.17, 15) is 9.90 Å². The summed E-state index contributed by atoms with van der Waals surface area (Å²) in [4.78, 5) is 11.2. The van der Waals surface area contributed by atoms with Crippen LogP contribution in [0.2, 0.25) is 0 Å². The molecule has 21 heavy (non-hydrogen) atoms. The Morgan fingerprint density at radius 1 is 0.952 bits per heavy atom. The van der Waals surface area contributed by atoms with Crippen LogP contribution < -0.4 is 0 Å². The van der Waals surface area contributed by atoms with Gasteiger partial charge in [-0.2, -0.15) is 0 Å². The molecule has 0 atom stereocenters. The molecule has 3 heteroatoms. The molecule has 3 nitrogen and oxygen atoms in total. The average molecular weight is 275 g/mol. The molecule has 102 valence electrons. The zero-order chi connectivity index (χ0) is 14.4. The molecule has 0 saturated heterocycles. The first-order chi connectivity index (χ1) is 10.2. The van der Waals surface area contributed by atoms with E-state index in [1.165, 1.54) is 22.3 Å². The van der Waals surface area contributed by atoms with Gasteiger partial charge in [0.15, 0.2) is 0 Å². The van der Waals surface area contributed by atoms with Gasteiger partial charge in [0.25, 0.3) is 0 Å². The topological polar surface area (TPSA) is 42.2 Å². The Labute approximate surface area is 122 Å². The number of fused-ring (bicyclic) bond motifs is 3. The number of carbonyl (C=O) groups is 1. The van der Waals surface area contributed by atoms with Crippen molar-refractivity contribution in [3.8, 4) is 16.8 Å². The summed E-state index contributed by atoms with van der Waals surface area (Å²) in [5, 5.41) is 9.23. The predicted octanol–water partition coefficient (Wildman–Crippen LogP) is 3.75. The molecule has 4 rings (SSSR count). The van der Waals surface area contributed by atoms with Gasteiger partial charge in [-0.15, -0.1) is 0 Å². The second-order valence-electron chi connectivity index (χ2n) is 5.24. The number of carboxylic acids is 1. The summed E-state index contributed by atoms with van der Waals surface area (Å²) >= 11 is 0. The lowest BCUT2D eigenvalue weighted by Crippen LogP contribution is -2.05. The van der Waals surface area contributed by atoms with Crippen molar-refractivity contribution < 1.29 is 9.90 Å². The van der Waals surface area contributed by atoms with Gasteiger partial charge in [-0.25, -0.2) is 4.79 Å². The number of hydrogen-bond donors (Lipinski definition) is 1. The molecule has 0 bridgehead atoms. The summed E-state index contributed by atoms with van der Waals surface area (Å²) in [5.41, 5.74) is 6.28. The molecule has 0 spiro atoms. The molecular formula is C18H13NO2. The minimum atomic E-state index is -0.913. The third-order valence-electron chi connectivity index (χ3n) is 4.02. The second kappa shape index (κ2) is 4.35. The van der Waals surface area contributed by atoms with Gasteiger partial charge in [-0.3, -0.25) is 0 Å². The van der Waals surface area contributed by atoms with Crippen LogP contribution in [0.15, 0.2) is 60.8 Å². The number of rotatable bonds is 2. The predicted molar refractivity (Wildman–Crippen MR) is 81.0 cm³/mol. The van der Waals surface area contributed by atoms with Crippen LogP contribution in [-0.4, -0.2) is 15.6 Å². The minimum Gasteiger partial charge on any atom is -0.477 e. The summed E-state index contributed by atoms with van der Waals surface area (Å²) < 4.78 is 1.71. The monoisotopic (exact) mass is 275 g/mol. The molecule has 3 aromatic rings. The summed E-state index contributed by atoms with van der Waals surface area (Å²) in [7, 11) is 0. The smallest absolute Gasteiger partial charge is 0.352 e. The molecule has 2 aromatic carbocycles. The van der Waals surface area contributed by atoms with Gasteiger partial charge in [0.05, 0.1) is 0 Å². The van der Waals surface area contributed by atoms with Gasteiger partial charge in [0.1, 0.15) is 5.69 Å². The fourth-order valence-corrected chi connectivity index (χ4v) is 3.06. The highest BCUT2D eigenvalue weighted by molar-refractivity contribution is 5.87. The minimum absolute atomic E-state index is 0.283. The third kappa shape index (κ3) is 1.78. The van der Waals surface area contributed by atoms with Crippen LogP contribution in [0.4, 0.5) is 0 Å². The number of hydrogen-bond acceptors (Lipinski definition) is 1. The number of aromatic nitrogens is 1. The maximum atomic E-state index is 11.2. The van der Waals surface area contributed by atoms with E-state index in [0.29, 0.717) is 0 Å². The third-order valence-corrected chi connectivity index (χ3v) is 4.02. The standard InChI is InChI=1S/C18H13NO2/c20-18(21)17-6-3-9-19(17)14-7-8-16-13(11-14)10-12-4-1-2-5-15(12)16/h1-9,11H,10H2,(H,20,21). The SMILES string of the molecule is O=C(O)c1cccn1-c1ccc2c(c1)Cc1ccccc1-2. The van der Waals surface area contributed by atoms with Gasteiger partial charge >= 0.3 is 5.97 Å². The molecule has 1 aromatic heterocycles. The molecule has 0 unspecified atom stereocenters. The average Bonchev–Trinajstić information content (AvgIpc) is 3.11. The quantitative estimate of drug-likeness (QED) is 0.605. The van der Waals surface area contributed by atoms with Gasteiger partial charge in [-0.05, 0) is 52.9 Å².